The molecule has 1 heterocycles. The number of hydrogen-bond donors (Lipinski definition) is 3. The fraction of sp³-hybridized carbons (Fsp3) is 1.00. The molecule has 100 valence electrons. The van der Waals surface area contributed by atoms with E-state index in [2.05, 4.69) is 5.32 Å². The van der Waals surface area contributed by atoms with Gasteiger partial charge in [0.05, 0.1) is 18.1 Å². The van der Waals surface area contributed by atoms with Crippen LogP contribution < -0.4 is 5.32 Å². The van der Waals surface area contributed by atoms with Crippen molar-refractivity contribution in [3.05, 3.63) is 0 Å². The van der Waals surface area contributed by atoms with E-state index < -0.39 is 23.1 Å². The van der Waals surface area contributed by atoms with Crippen molar-refractivity contribution in [3.8, 4) is 0 Å². The summed E-state index contributed by atoms with van der Waals surface area (Å²) in [6.45, 7) is 0.490. The average Bonchev–Trinajstić information content (AvgIpc) is 2.24. The smallest absolute Gasteiger partial charge is 0.391 e. The van der Waals surface area contributed by atoms with E-state index in [4.69, 9.17) is 0 Å². The molecule has 0 spiro atoms. The van der Waals surface area contributed by atoms with Gasteiger partial charge in [-0.2, -0.15) is 13.2 Å². The van der Waals surface area contributed by atoms with E-state index in [9.17, 15) is 23.4 Å². The van der Waals surface area contributed by atoms with Crippen molar-refractivity contribution >= 4 is 0 Å². The molecule has 3 N–H and O–H groups in total. The van der Waals surface area contributed by atoms with E-state index in [0.717, 1.165) is 0 Å². The van der Waals surface area contributed by atoms with Crippen molar-refractivity contribution < 1.29 is 23.4 Å². The van der Waals surface area contributed by atoms with Gasteiger partial charge in [0.15, 0.2) is 0 Å². The summed E-state index contributed by atoms with van der Waals surface area (Å²) in [5.41, 5.74) is -1.78. The maximum absolute atomic E-state index is 12.6. The minimum Gasteiger partial charge on any atom is -0.396 e. The molecule has 0 atom stereocenters. The van der Waals surface area contributed by atoms with Crippen LogP contribution in [0.1, 0.15) is 25.7 Å². The van der Waals surface area contributed by atoms with Crippen LogP contribution in [0.3, 0.4) is 0 Å². The van der Waals surface area contributed by atoms with Crippen LogP contribution in [0.25, 0.3) is 0 Å². The van der Waals surface area contributed by atoms with Gasteiger partial charge in [0.1, 0.15) is 0 Å². The van der Waals surface area contributed by atoms with E-state index >= 15 is 0 Å². The summed E-state index contributed by atoms with van der Waals surface area (Å²) in [4.78, 5) is 0. The van der Waals surface area contributed by atoms with Crippen molar-refractivity contribution in [1.29, 1.82) is 0 Å². The Morgan fingerprint density at radius 2 is 1.71 bits per heavy atom. The van der Waals surface area contributed by atoms with Crippen LogP contribution in [-0.4, -0.2) is 41.7 Å². The third kappa shape index (κ3) is 2.06. The van der Waals surface area contributed by atoms with Gasteiger partial charge in [-0.3, -0.25) is 0 Å². The Morgan fingerprint density at radius 3 is 2.00 bits per heavy atom. The SMILES string of the molecule is OCC1(C2(O)CNC2)CCC(C(F)(F)F)CC1. The number of nitrogens with one attached hydrogen (secondary N) is 1. The van der Waals surface area contributed by atoms with Crippen LogP contribution in [-0.2, 0) is 0 Å². The Bertz CT molecular complexity index is 281. The van der Waals surface area contributed by atoms with Gasteiger partial charge in [0.25, 0.3) is 0 Å². The zero-order valence-corrected chi connectivity index (χ0v) is 9.56. The van der Waals surface area contributed by atoms with Crippen LogP contribution in [0.15, 0.2) is 0 Å². The highest BCUT2D eigenvalue weighted by atomic mass is 19.4. The third-order valence-electron chi connectivity index (χ3n) is 4.53. The minimum atomic E-state index is -4.15. The van der Waals surface area contributed by atoms with Gasteiger partial charge in [-0.1, -0.05) is 0 Å². The van der Waals surface area contributed by atoms with Gasteiger partial charge < -0.3 is 15.5 Å². The highest BCUT2D eigenvalue weighted by Crippen LogP contribution is 2.50. The number of β-amino-alcohol motifs (C(OH)–C–C–N with tert-alkyl or cyclic N) is 1. The Hall–Kier alpha value is -0.330. The maximum atomic E-state index is 12.6. The van der Waals surface area contributed by atoms with E-state index in [1.54, 1.807) is 0 Å². The third-order valence-corrected chi connectivity index (χ3v) is 4.53. The molecule has 0 bridgehead atoms. The summed E-state index contributed by atoms with van der Waals surface area (Å²) in [5, 5.41) is 22.6. The van der Waals surface area contributed by atoms with Crippen LogP contribution in [0.5, 0.6) is 0 Å². The molecule has 3 nitrogen and oxygen atoms in total. The number of halogens is 3. The number of aliphatic hydroxyl groups is 2. The topological polar surface area (TPSA) is 52.5 Å². The zero-order valence-electron chi connectivity index (χ0n) is 9.56. The summed E-state index contributed by atoms with van der Waals surface area (Å²) >= 11 is 0. The second kappa shape index (κ2) is 4.10. The fourth-order valence-corrected chi connectivity index (χ4v) is 3.01. The predicted octanol–water partition coefficient (Wildman–Crippen LogP) is 1.05. The fourth-order valence-electron chi connectivity index (χ4n) is 3.01. The van der Waals surface area contributed by atoms with Crippen molar-refractivity contribution in [3.63, 3.8) is 0 Å². The van der Waals surface area contributed by atoms with Gasteiger partial charge in [-0.05, 0) is 25.7 Å². The molecule has 1 saturated heterocycles. The predicted molar refractivity (Wildman–Crippen MR) is 55.4 cm³/mol. The second-order valence-corrected chi connectivity index (χ2v) is 5.39. The molecule has 2 fully saturated rings. The van der Waals surface area contributed by atoms with E-state index in [1.807, 2.05) is 0 Å². The normalized spacial score (nSPS) is 37.6. The average molecular weight is 253 g/mol. The molecule has 0 unspecified atom stereocenters. The lowest BCUT2D eigenvalue weighted by molar-refractivity contribution is -0.211. The van der Waals surface area contributed by atoms with Gasteiger partial charge in [-0.25, -0.2) is 0 Å². The van der Waals surface area contributed by atoms with Crippen molar-refractivity contribution in [1.82, 2.24) is 5.32 Å². The first kappa shape index (κ1) is 13.1. The van der Waals surface area contributed by atoms with Gasteiger partial charge in [-0.15, -0.1) is 0 Å². The van der Waals surface area contributed by atoms with Gasteiger partial charge in [0, 0.05) is 18.5 Å². The minimum absolute atomic E-state index is 0.00632. The summed E-state index contributed by atoms with van der Waals surface area (Å²) < 4.78 is 37.7. The van der Waals surface area contributed by atoms with Crippen molar-refractivity contribution in [2.75, 3.05) is 19.7 Å². The summed E-state index contributed by atoms with van der Waals surface area (Å²) in [7, 11) is 0. The molecule has 2 aliphatic rings. The number of rotatable bonds is 2. The highest BCUT2D eigenvalue weighted by molar-refractivity contribution is 5.08. The highest BCUT2D eigenvalue weighted by Gasteiger charge is 2.56. The van der Waals surface area contributed by atoms with E-state index in [-0.39, 0.29) is 32.3 Å². The van der Waals surface area contributed by atoms with Gasteiger partial charge in [0.2, 0.25) is 0 Å². The summed E-state index contributed by atoms with van der Waals surface area (Å²) in [6.07, 6.45) is -3.65. The molecule has 0 aromatic rings. The summed E-state index contributed by atoms with van der Waals surface area (Å²) in [6, 6.07) is 0. The molecule has 1 aliphatic heterocycles. The van der Waals surface area contributed by atoms with Crippen LogP contribution in [0, 0.1) is 11.3 Å². The first-order chi connectivity index (χ1) is 7.83. The molecule has 0 aromatic heterocycles. The second-order valence-electron chi connectivity index (χ2n) is 5.39. The number of aliphatic hydroxyl groups excluding tert-OH is 1. The molecule has 0 aromatic carbocycles. The molecule has 1 aliphatic carbocycles. The molecule has 6 heteroatoms. The van der Waals surface area contributed by atoms with Gasteiger partial charge >= 0.3 is 6.18 Å². The molecular formula is C11H18F3NO2. The van der Waals surface area contributed by atoms with E-state index in [1.165, 1.54) is 0 Å². The van der Waals surface area contributed by atoms with Crippen LogP contribution in [0.4, 0.5) is 13.2 Å². The van der Waals surface area contributed by atoms with E-state index in [0.29, 0.717) is 13.1 Å². The summed E-state index contributed by atoms with van der Waals surface area (Å²) in [5.74, 6) is -1.28. The molecule has 17 heavy (non-hydrogen) atoms. The zero-order chi connectivity index (χ0) is 12.7. The lowest BCUT2D eigenvalue weighted by Crippen LogP contribution is -2.70. The Balaban J connectivity index is 2.05. The lowest BCUT2D eigenvalue weighted by Gasteiger charge is -2.54. The Kier molecular flexibility index (Phi) is 3.16. The Morgan fingerprint density at radius 1 is 1.18 bits per heavy atom. The first-order valence-electron chi connectivity index (χ1n) is 5.94. The first-order valence-corrected chi connectivity index (χ1v) is 5.94. The van der Waals surface area contributed by atoms with Crippen molar-refractivity contribution in [2.45, 2.75) is 37.5 Å². The molecular weight excluding hydrogens is 235 g/mol. The lowest BCUT2D eigenvalue weighted by atomic mass is 9.59. The molecule has 2 rings (SSSR count). The standard InChI is InChI=1S/C11H18F3NO2/c12-11(13,14)8-1-3-9(7-16,4-2-8)10(17)5-15-6-10/h8,15-17H,1-7H2. The number of alkyl halides is 3. The molecule has 0 radical (unpaired) electrons. The molecule has 1 saturated carbocycles. The largest absolute Gasteiger partial charge is 0.396 e. The molecule has 0 amide bonds. The van der Waals surface area contributed by atoms with Crippen LogP contribution in [0.2, 0.25) is 0 Å². The maximum Gasteiger partial charge on any atom is 0.391 e. The Labute approximate surface area is 98.0 Å². The van der Waals surface area contributed by atoms with Crippen molar-refractivity contribution in [2.24, 2.45) is 11.3 Å². The monoisotopic (exact) mass is 253 g/mol. The van der Waals surface area contributed by atoms with Crippen LogP contribution >= 0.6 is 0 Å². The number of hydrogen-bond acceptors (Lipinski definition) is 3. The quantitative estimate of drug-likeness (QED) is 0.689.